The van der Waals surface area contributed by atoms with E-state index < -0.39 is 5.97 Å². The predicted molar refractivity (Wildman–Crippen MR) is 69.7 cm³/mol. The van der Waals surface area contributed by atoms with E-state index >= 15 is 0 Å². The number of aromatic carboxylic acids is 1. The molecule has 0 radical (unpaired) electrons. The van der Waals surface area contributed by atoms with Gasteiger partial charge in [0.1, 0.15) is 5.82 Å². The van der Waals surface area contributed by atoms with Crippen LogP contribution in [0.25, 0.3) is 0 Å². The molecule has 0 aliphatic carbocycles. The molecule has 1 amide bonds. The number of carbonyl (C=O) groups excluding carboxylic acids is 1. The monoisotopic (exact) mass is 280 g/mol. The molecule has 1 aromatic rings. The number of piperazine rings is 1. The predicted octanol–water partition coefficient (Wildman–Crippen LogP) is -0.530. The SMILES string of the molecule is COCCN1CCN(c2cnc(C(=O)O)cn2)CC1=O. The van der Waals surface area contributed by atoms with Crippen LogP contribution in [0.1, 0.15) is 10.5 Å². The Hall–Kier alpha value is -2.22. The summed E-state index contributed by atoms with van der Waals surface area (Å²) in [4.78, 5) is 34.0. The molecule has 1 aliphatic heterocycles. The Labute approximate surface area is 116 Å². The molecule has 8 heteroatoms. The number of anilines is 1. The third kappa shape index (κ3) is 3.21. The lowest BCUT2D eigenvalue weighted by Crippen LogP contribution is -2.51. The molecule has 2 rings (SSSR count). The summed E-state index contributed by atoms with van der Waals surface area (Å²) < 4.78 is 4.95. The number of carboxylic acid groups (broad SMARTS) is 1. The highest BCUT2D eigenvalue weighted by atomic mass is 16.5. The van der Waals surface area contributed by atoms with E-state index in [1.807, 2.05) is 0 Å². The number of ether oxygens (including phenoxy) is 1. The molecule has 8 nitrogen and oxygen atoms in total. The van der Waals surface area contributed by atoms with E-state index in [-0.39, 0.29) is 18.1 Å². The van der Waals surface area contributed by atoms with Crippen LogP contribution in [0.5, 0.6) is 0 Å². The van der Waals surface area contributed by atoms with Gasteiger partial charge >= 0.3 is 5.97 Å². The van der Waals surface area contributed by atoms with Crippen LogP contribution >= 0.6 is 0 Å². The van der Waals surface area contributed by atoms with Crippen molar-refractivity contribution in [1.29, 1.82) is 0 Å². The molecule has 0 spiro atoms. The lowest BCUT2D eigenvalue weighted by molar-refractivity contribution is -0.131. The van der Waals surface area contributed by atoms with Gasteiger partial charge in [0.05, 0.1) is 25.5 Å². The topological polar surface area (TPSA) is 95.9 Å². The molecule has 1 N–H and O–H groups in total. The fraction of sp³-hybridized carbons (Fsp3) is 0.500. The molecular weight excluding hydrogens is 264 g/mol. The molecule has 20 heavy (non-hydrogen) atoms. The van der Waals surface area contributed by atoms with Crippen LogP contribution in [0.4, 0.5) is 5.82 Å². The zero-order valence-corrected chi connectivity index (χ0v) is 11.2. The van der Waals surface area contributed by atoms with Crippen molar-refractivity contribution in [2.45, 2.75) is 0 Å². The highest BCUT2D eigenvalue weighted by Crippen LogP contribution is 2.13. The van der Waals surface area contributed by atoms with Gasteiger partial charge < -0.3 is 19.6 Å². The van der Waals surface area contributed by atoms with Crippen LogP contribution in [-0.4, -0.2) is 71.7 Å². The smallest absolute Gasteiger partial charge is 0.356 e. The van der Waals surface area contributed by atoms with Crippen molar-refractivity contribution in [1.82, 2.24) is 14.9 Å². The standard InChI is InChI=1S/C12H16N4O4/c1-20-5-4-15-2-3-16(8-11(15)17)10-7-13-9(6-14-10)12(18)19/h6-7H,2-5,8H2,1H3,(H,18,19). The van der Waals surface area contributed by atoms with Crippen LogP contribution < -0.4 is 4.90 Å². The van der Waals surface area contributed by atoms with Crippen LogP contribution in [-0.2, 0) is 9.53 Å². The maximum absolute atomic E-state index is 11.9. The van der Waals surface area contributed by atoms with Gasteiger partial charge in [-0.15, -0.1) is 0 Å². The first-order valence-corrected chi connectivity index (χ1v) is 6.19. The van der Waals surface area contributed by atoms with Crippen LogP contribution in [0.2, 0.25) is 0 Å². The quantitative estimate of drug-likeness (QED) is 0.774. The third-order valence-corrected chi connectivity index (χ3v) is 3.07. The molecule has 0 bridgehead atoms. The number of rotatable bonds is 5. The minimum Gasteiger partial charge on any atom is -0.476 e. The Bertz CT molecular complexity index is 491. The van der Waals surface area contributed by atoms with Crippen molar-refractivity contribution in [3.8, 4) is 0 Å². The number of methoxy groups -OCH3 is 1. The maximum atomic E-state index is 11.9. The lowest BCUT2D eigenvalue weighted by atomic mass is 10.3. The molecule has 108 valence electrons. The summed E-state index contributed by atoms with van der Waals surface area (Å²) in [5.41, 5.74) is -0.112. The van der Waals surface area contributed by atoms with Crippen molar-refractivity contribution in [3.05, 3.63) is 18.1 Å². The Morgan fingerprint density at radius 2 is 2.20 bits per heavy atom. The molecule has 1 fully saturated rings. The molecular formula is C12H16N4O4. The molecule has 2 heterocycles. The molecule has 0 saturated carbocycles. The van der Waals surface area contributed by atoms with E-state index in [2.05, 4.69) is 9.97 Å². The normalized spacial score (nSPS) is 15.6. The minimum absolute atomic E-state index is 0.00240. The Kier molecular flexibility index (Phi) is 4.46. The van der Waals surface area contributed by atoms with Gasteiger partial charge in [-0.05, 0) is 0 Å². The number of hydrogen-bond acceptors (Lipinski definition) is 6. The van der Waals surface area contributed by atoms with Crippen LogP contribution in [0.15, 0.2) is 12.4 Å². The van der Waals surface area contributed by atoms with Gasteiger partial charge in [-0.25, -0.2) is 14.8 Å². The number of nitrogens with zero attached hydrogens (tertiary/aromatic N) is 4. The highest BCUT2D eigenvalue weighted by Gasteiger charge is 2.24. The lowest BCUT2D eigenvalue weighted by Gasteiger charge is -2.34. The van der Waals surface area contributed by atoms with E-state index in [4.69, 9.17) is 9.84 Å². The summed E-state index contributed by atoms with van der Waals surface area (Å²) in [6.07, 6.45) is 2.57. The van der Waals surface area contributed by atoms with Crippen LogP contribution in [0, 0.1) is 0 Å². The average Bonchev–Trinajstić information content (AvgIpc) is 2.46. The first kappa shape index (κ1) is 14.2. The maximum Gasteiger partial charge on any atom is 0.356 e. The molecule has 0 unspecified atom stereocenters. The summed E-state index contributed by atoms with van der Waals surface area (Å²) in [5, 5.41) is 8.76. The van der Waals surface area contributed by atoms with E-state index in [0.717, 1.165) is 0 Å². The van der Waals surface area contributed by atoms with E-state index in [0.29, 0.717) is 32.1 Å². The number of aromatic nitrogens is 2. The van der Waals surface area contributed by atoms with Gasteiger partial charge in [0.25, 0.3) is 0 Å². The van der Waals surface area contributed by atoms with Crippen molar-refractivity contribution in [3.63, 3.8) is 0 Å². The second kappa shape index (κ2) is 6.29. The average molecular weight is 280 g/mol. The zero-order chi connectivity index (χ0) is 14.5. The number of hydrogen-bond donors (Lipinski definition) is 1. The first-order chi connectivity index (χ1) is 9.61. The number of carbonyl (C=O) groups is 2. The summed E-state index contributed by atoms with van der Waals surface area (Å²) >= 11 is 0. The minimum atomic E-state index is -1.12. The highest BCUT2D eigenvalue weighted by molar-refractivity contribution is 5.85. The van der Waals surface area contributed by atoms with Crippen molar-refractivity contribution < 1.29 is 19.4 Å². The van der Waals surface area contributed by atoms with Crippen molar-refractivity contribution >= 4 is 17.7 Å². The van der Waals surface area contributed by atoms with Crippen molar-refractivity contribution in [2.75, 3.05) is 44.8 Å². The summed E-state index contributed by atoms with van der Waals surface area (Å²) in [5.74, 6) is -0.614. The van der Waals surface area contributed by atoms with Gasteiger partial charge in [-0.1, -0.05) is 0 Å². The Balaban J connectivity index is 1.98. The molecule has 1 aliphatic rings. The molecule has 1 aromatic heterocycles. The van der Waals surface area contributed by atoms with E-state index in [1.165, 1.54) is 12.4 Å². The summed E-state index contributed by atoms with van der Waals surface area (Å²) in [7, 11) is 1.60. The fourth-order valence-corrected chi connectivity index (χ4v) is 1.94. The van der Waals surface area contributed by atoms with Gasteiger partial charge in [-0.2, -0.15) is 0 Å². The first-order valence-electron chi connectivity index (χ1n) is 6.19. The van der Waals surface area contributed by atoms with E-state index in [9.17, 15) is 9.59 Å². The van der Waals surface area contributed by atoms with Gasteiger partial charge in [0.15, 0.2) is 5.69 Å². The van der Waals surface area contributed by atoms with Gasteiger partial charge in [-0.3, -0.25) is 4.79 Å². The Morgan fingerprint density at radius 1 is 1.40 bits per heavy atom. The zero-order valence-electron chi connectivity index (χ0n) is 11.2. The largest absolute Gasteiger partial charge is 0.476 e. The Morgan fingerprint density at radius 3 is 2.75 bits per heavy atom. The summed E-state index contributed by atoms with van der Waals surface area (Å²) in [6, 6.07) is 0. The molecule has 1 saturated heterocycles. The molecule has 0 aromatic carbocycles. The molecule has 0 atom stereocenters. The van der Waals surface area contributed by atoms with E-state index in [1.54, 1.807) is 16.9 Å². The second-order valence-corrected chi connectivity index (χ2v) is 4.36. The number of carboxylic acids is 1. The third-order valence-electron chi connectivity index (χ3n) is 3.07. The summed E-state index contributed by atoms with van der Waals surface area (Å²) in [6.45, 7) is 2.53. The van der Waals surface area contributed by atoms with Crippen LogP contribution in [0.3, 0.4) is 0 Å². The van der Waals surface area contributed by atoms with Gasteiger partial charge in [0, 0.05) is 26.7 Å². The fourth-order valence-electron chi connectivity index (χ4n) is 1.94. The second-order valence-electron chi connectivity index (χ2n) is 4.36. The van der Waals surface area contributed by atoms with Gasteiger partial charge in [0.2, 0.25) is 5.91 Å². The van der Waals surface area contributed by atoms with Crippen molar-refractivity contribution in [2.24, 2.45) is 0 Å². The number of amides is 1.